The van der Waals surface area contributed by atoms with E-state index < -0.39 is 0 Å². The smallest absolute Gasteiger partial charge is 0.123 e. The highest BCUT2D eigenvalue weighted by Gasteiger charge is 2.04. The second-order valence-electron chi connectivity index (χ2n) is 4.01. The van der Waals surface area contributed by atoms with E-state index in [1.54, 1.807) is 24.4 Å². The fourth-order valence-corrected chi connectivity index (χ4v) is 1.68. The van der Waals surface area contributed by atoms with Crippen molar-refractivity contribution in [2.75, 3.05) is 17.4 Å². The van der Waals surface area contributed by atoms with Crippen LogP contribution in [0.25, 0.3) is 0 Å². The van der Waals surface area contributed by atoms with Crippen LogP contribution in [-0.2, 0) is 6.54 Å². The Balaban J connectivity index is 2.10. The van der Waals surface area contributed by atoms with Crippen molar-refractivity contribution in [3.8, 4) is 0 Å². The quantitative estimate of drug-likeness (QED) is 0.641. The fraction of sp³-hybridized carbons (Fsp3) is 0.154. The molecular formula is C13H15FN4. The number of benzene rings is 1. The van der Waals surface area contributed by atoms with Gasteiger partial charge in [0, 0.05) is 18.9 Å². The highest BCUT2D eigenvalue weighted by Crippen LogP contribution is 2.16. The fourth-order valence-electron chi connectivity index (χ4n) is 1.68. The minimum atomic E-state index is -0.236. The van der Waals surface area contributed by atoms with E-state index >= 15 is 0 Å². The summed E-state index contributed by atoms with van der Waals surface area (Å²) < 4.78 is 12.8. The van der Waals surface area contributed by atoms with Crippen LogP contribution in [0.15, 0.2) is 42.6 Å². The standard InChI is InChI=1S/C13H15FN4/c1-18(13-4-2-10(14)3-5-13)9-12-8-11(17-15)6-7-16-12/h2-8H,9,15H2,1H3,(H,16,17). The first-order valence-electron chi connectivity index (χ1n) is 5.57. The summed E-state index contributed by atoms with van der Waals surface area (Å²) in [6.45, 7) is 0.626. The molecule has 0 spiro atoms. The van der Waals surface area contributed by atoms with Gasteiger partial charge in [0.15, 0.2) is 0 Å². The maximum absolute atomic E-state index is 12.8. The van der Waals surface area contributed by atoms with Gasteiger partial charge in [0.05, 0.1) is 17.9 Å². The molecule has 1 heterocycles. The first-order chi connectivity index (χ1) is 8.69. The second-order valence-corrected chi connectivity index (χ2v) is 4.01. The highest BCUT2D eigenvalue weighted by molar-refractivity contribution is 5.47. The van der Waals surface area contributed by atoms with Crippen molar-refractivity contribution >= 4 is 11.4 Å². The summed E-state index contributed by atoms with van der Waals surface area (Å²) in [5.41, 5.74) is 5.21. The van der Waals surface area contributed by atoms with Gasteiger partial charge in [-0.25, -0.2) is 4.39 Å². The number of rotatable bonds is 4. The van der Waals surface area contributed by atoms with Crippen molar-refractivity contribution in [1.29, 1.82) is 0 Å². The number of nitrogens with one attached hydrogen (secondary N) is 1. The molecule has 0 aliphatic heterocycles. The average Bonchev–Trinajstić information content (AvgIpc) is 2.39. The third kappa shape index (κ3) is 2.95. The molecule has 2 rings (SSSR count). The molecule has 18 heavy (non-hydrogen) atoms. The van der Waals surface area contributed by atoms with E-state index in [2.05, 4.69) is 10.4 Å². The zero-order valence-electron chi connectivity index (χ0n) is 10.1. The van der Waals surface area contributed by atoms with E-state index in [1.807, 2.05) is 18.0 Å². The zero-order valence-corrected chi connectivity index (χ0v) is 10.1. The minimum absolute atomic E-state index is 0.236. The molecule has 0 fully saturated rings. The first-order valence-corrected chi connectivity index (χ1v) is 5.57. The maximum atomic E-state index is 12.8. The highest BCUT2D eigenvalue weighted by atomic mass is 19.1. The number of pyridine rings is 1. The second kappa shape index (κ2) is 5.46. The number of hydrogen-bond acceptors (Lipinski definition) is 4. The lowest BCUT2D eigenvalue weighted by molar-refractivity contribution is 0.627. The number of hydrazine groups is 1. The Morgan fingerprint density at radius 3 is 2.67 bits per heavy atom. The lowest BCUT2D eigenvalue weighted by atomic mass is 10.2. The first kappa shape index (κ1) is 12.3. The van der Waals surface area contributed by atoms with Crippen LogP contribution in [0.1, 0.15) is 5.69 Å². The van der Waals surface area contributed by atoms with Crippen LogP contribution in [0.3, 0.4) is 0 Å². The number of nitrogens with zero attached hydrogens (tertiary/aromatic N) is 2. The molecular weight excluding hydrogens is 231 g/mol. The number of nitrogens with two attached hydrogens (primary N) is 1. The summed E-state index contributed by atoms with van der Waals surface area (Å²) in [6, 6.07) is 10.0. The Hall–Kier alpha value is -2.14. The number of hydrogen-bond donors (Lipinski definition) is 2. The third-order valence-corrected chi connectivity index (χ3v) is 2.65. The molecule has 0 atom stereocenters. The molecule has 5 heteroatoms. The molecule has 94 valence electrons. The van der Waals surface area contributed by atoms with Crippen molar-refractivity contribution in [1.82, 2.24) is 4.98 Å². The SMILES string of the molecule is CN(Cc1cc(NN)ccn1)c1ccc(F)cc1. The normalized spacial score (nSPS) is 10.2. The number of halogens is 1. The van der Waals surface area contributed by atoms with E-state index in [-0.39, 0.29) is 5.82 Å². The predicted molar refractivity (Wildman–Crippen MR) is 70.6 cm³/mol. The summed E-state index contributed by atoms with van der Waals surface area (Å²) in [4.78, 5) is 6.25. The van der Waals surface area contributed by atoms with Crippen LogP contribution in [0.4, 0.5) is 15.8 Å². The molecule has 0 aliphatic carbocycles. The Bertz CT molecular complexity index is 513. The summed E-state index contributed by atoms with van der Waals surface area (Å²) in [5, 5.41) is 0. The predicted octanol–water partition coefficient (Wildman–Crippen LogP) is 2.14. The Morgan fingerprint density at radius 2 is 2.00 bits per heavy atom. The lowest BCUT2D eigenvalue weighted by Gasteiger charge is -2.19. The number of nitrogen functional groups attached to an aromatic ring is 1. The van der Waals surface area contributed by atoms with Crippen LogP contribution < -0.4 is 16.2 Å². The van der Waals surface area contributed by atoms with Gasteiger partial charge in [0.2, 0.25) is 0 Å². The minimum Gasteiger partial charge on any atom is -0.369 e. The number of aromatic nitrogens is 1. The van der Waals surface area contributed by atoms with Crippen LogP contribution in [0, 0.1) is 5.82 Å². The van der Waals surface area contributed by atoms with E-state index in [9.17, 15) is 4.39 Å². The van der Waals surface area contributed by atoms with Gasteiger partial charge in [-0.1, -0.05) is 0 Å². The monoisotopic (exact) mass is 246 g/mol. The molecule has 0 aliphatic rings. The van der Waals surface area contributed by atoms with E-state index in [4.69, 9.17) is 5.84 Å². The zero-order chi connectivity index (χ0) is 13.0. The van der Waals surface area contributed by atoms with Gasteiger partial charge < -0.3 is 10.3 Å². The Morgan fingerprint density at radius 1 is 1.28 bits per heavy atom. The van der Waals surface area contributed by atoms with Gasteiger partial charge in [0.25, 0.3) is 0 Å². The van der Waals surface area contributed by atoms with Gasteiger partial charge in [-0.3, -0.25) is 10.8 Å². The molecule has 0 amide bonds. The molecule has 0 radical (unpaired) electrons. The van der Waals surface area contributed by atoms with Gasteiger partial charge in [0.1, 0.15) is 5.82 Å². The molecule has 1 aromatic heterocycles. The molecule has 0 unspecified atom stereocenters. The van der Waals surface area contributed by atoms with Crippen LogP contribution in [0.2, 0.25) is 0 Å². The summed E-state index contributed by atoms with van der Waals surface area (Å²) in [5.74, 6) is 5.11. The van der Waals surface area contributed by atoms with E-state index in [0.29, 0.717) is 6.54 Å². The summed E-state index contributed by atoms with van der Waals surface area (Å²) in [7, 11) is 1.93. The molecule has 0 saturated heterocycles. The average molecular weight is 246 g/mol. The van der Waals surface area contributed by atoms with Crippen LogP contribution in [0.5, 0.6) is 0 Å². The van der Waals surface area contributed by atoms with Gasteiger partial charge in [-0.2, -0.15) is 0 Å². The van der Waals surface area contributed by atoms with Crippen molar-refractivity contribution in [2.24, 2.45) is 5.84 Å². The Labute approximate surface area is 105 Å². The number of anilines is 2. The van der Waals surface area contributed by atoms with Crippen molar-refractivity contribution in [3.05, 3.63) is 54.1 Å². The topological polar surface area (TPSA) is 54.2 Å². The lowest BCUT2D eigenvalue weighted by Crippen LogP contribution is -2.17. The third-order valence-electron chi connectivity index (χ3n) is 2.65. The van der Waals surface area contributed by atoms with E-state index in [0.717, 1.165) is 17.1 Å². The summed E-state index contributed by atoms with van der Waals surface area (Å²) in [6.07, 6.45) is 1.70. The van der Waals surface area contributed by atoms with Gasteiger partial charge in [-0.05, 0) is 36.4 Å². The summed E-state index contributed by atoms with van der Waals surface area (Å²) >= 11 is 0. The molecule has 1 aromatic carbocycles. The maximum Gasteiger partial charge on any atom is 0.123 e. The molecule has 2 aromatic rings. The largest absolute Gasteiger partial charge is 0.369 e. The Kier molecular flexibility index (Phi) is 3.74. The molecule has 4 nitrogen and oxygen atoms in total. The van der Waals surface area contributed by atoms with Crippen molar-refractivity contribution in [2.45, 2.75) is 6.54 Å². The van der Waals surface area contributed by atoms with Gasteiger partial charge in [-0.15, -0.1) is 0 Å². The van der Waals surface area contributed by atoms with Crippen molar-refractivity contribution in [3.63, 3.8) is 0 Å². The van der Waals surface area contributed by atoms with Crippen LogP contribution >= 0.6 is 0 Å². The molecule has 3 N–H and O–H groups in total. The molecule has 0 saturated carbocycles. The molecule has 0 bridgehead atoms. The van der Waals surface area contributed by atoms with Crippen LogP contribution in [-0.4, -0.2) is 12.0 Å². The van der Waals surface area contributed by atoms with E-state index in [1.165, 1.54) is 12.1 Å². The van der Waals surface area contributed by atoms with Crippen molar-refractivity contribution < 1.29 is 4.39 Å². The van der Waals surface area contributed by atoms with Gasteiger partial charge >= 0.3 is 0 Å².